The summed E-state index contributed by atoms with van der Waals surface area (Å²) in [4.78, 5) is 39.9. The van der Waals surface area contributed by atoms with Gasteiger partial charge in [-0.1, -0.05) is 86.8 Å². The van der Waals surface area contributed by atoms with E-state index < -0.39 is 18.0 Å². The average molecular weight is 622 g/mol. The Bertz CT molecular complexity index is 1250. The van der Waals surface area contributed by atoms with Crippen molar-refractivity contribution in [1.29, 1.82) is 0 Å². The molecular formula is C35H51N5O5. The van der Waals surface area contributed by atoms with Crippen LogP contribution in [0.25, 0.3) is 0 Å². The van der Waals surface area contributed by atoms with Gasteiger partial charge < -0.3 is 25.8 Å². The van der Waals surface area contributed by atoms with Crippen molar-refractivity contribution in [2.24, 2.45) is 5.92 Å². The monoisotopic (exact) mass is 621 g/mol. The van der Waals surface area contributed by atoms with Crippen LogP contribution in [0.15, 0.2) is 90.0 Å². The highest BCUT2D eigenvalue weighted by molar-refractivity contribution is 5.76. The quantitative estimate of drug-likeness (QED) is 0.119. The molecule has 10 heteroatoms. The summed E-state index contributed by atoms with van der Waals surface area (Å²) in [6.45, 7) is 4.72. The average Bonchev–Trinajstić information content (AvgIpc) is 3.39. The van der Waals surface area contributed by atoms with Gasteiger partial charge in [0.25, 0.3) is 0 Å². The molecule has 1 aromatic heterocycles. The fraction of sp³-hybridized carbons (Fsp3) is 0.486. The van der Waals surface area contributed by atoms with Crippen molar-refractivity contribution in [3.63, 3.8) is 0 Å². The van der Waals surface area contributed by atoms with Crippen LogP contribution in [0.1, 0.15) is 77.9 Å². The van der Waals surface area contributed by atoms with E-state index in [1.807, 2.05) is 13.0 Å². The number of rotatable bonds is 20. The van der Waals surface area contributed by atoms with Crippen LogP contribution in [0.5, 0.6) is 0 Å². The second-order valence-electron chi connectivity index (χ2n) is 10.7. The molecule has 0 aliphatic carbocycles. The highest BCUT2D eigenvalue weighted by atomic mass is 16.6. The Labute approximate surface area is 267 Å². The summed E-state index contributed by atoms with van der Waals surface area (Å²) in [6.07, 6.45) is 33.4. The molecule has 0 saturated carbocycles. The van der Waals surface area contributed by atoms with E-state index in [0.29, 0.717) is 25.8 Å². The van der Waals surface area contributed by atoms with Crippen LogP contribution in [0.4, 0.5) is 10.6 Å². The minimum atomic E-state index is -0.590. The van der Waals surface area contributed by atoms with Gasteiger partial charge in [-0.3, -0.25) is 9.36 Å². The van der Waals surface area contributed by atoms with Gasteiger partial charge in [0.2, 0.25) is 5.91 Å². The lowest BCUT2D eigenvalue weighted by Gasteiger charge is -2.18. The Morgan fingerprint density at radius 2 is 1.49 bits per heavy atom. The molecule has 1 aliphatic rings. The Kier molecular flexibility index (Phi) is 19.1. The predicted octanol–water partition coefficient (Wildman–Crippen LogP) is 6.07. The van der Waals surface area contributed by atoms with E-state index in [-0.39, 0.29) is 36.9 Å². The summed E-state index contributed by atoms with van der Waals surface area (Å²) in [5.74, 6) is 0.115. The van der Waals surface area contributed by atoms with Crippen molar-refractivity contribution in [1.82, 2.24) is 20.2 Å². The number of nitrogen functional groups attached to an aromatic ring is 1. The molecule has 2 rings (SSSR count). The van der Waals surface area contributed by atoms with Crippen LogP contribution < -0.4 is 22.1 Å². The normalized spacial score (nSPS) is 18.8. The number of allylic oxidation sites excluding steroid dienone is 12. The molecule has 246 valence electrons. The van der Waals surface area contributed by atoms with Gasteiger partial charge in [-0.15, -0.1) is 0 Å². The first-order valence-corrected chi connectivity index (χ1v) is 16.0. The molecule has 0 radical (unpaired) electrons. The first-order chi connectivity index (χ1) is 21.9. The van der Waals surface area contributed by atoms with Crippen LogP contribution in [0, 0.1) is 5.92 Å². The Morgan fingerprint density at radius 1 is 0.933 bits per heavy atom. The number of alkyl carbamates (subject to hydrolysis) is 1. The summed E-state index contributed by atoms with van der Waals surface area (Å²) < 4.78 is 12.6. The zero-order chi connectivity index (χ0) is 32.5. The smallest absolute Gasteiger partial charge is 0.407 e. The molecule has 10 nitrogen and oxygen atoms in total. The third kappa shape index (κ3) is 17.0. The van der Waals surface area contributed by atoms with E-state index in [1.165, 1.54) is 4.57 Å². The maximum absolute atomic E-state index is 12.1. The summed E-state index contributed by atoms with van der Waals surface area (Å²) in [5, 5.41) is 5.40. The molecule has 0 bridgehead atoms. The number of aromatic nitrogens is 2. The first kappa shape index (κ1) is 37.0. The Hall–Kier alpha value is -4.18. The Balaban J connectivity index is 1.44. The number of hydrogen-bond acceptors (Lipinski definition) is 7. The molecule has 0 spiro atoms. The zero-order valence-corrected chi connectivity index (χ0v) is 26.8. The van der Waals surface area contributed by atoms with Crippen LogP contribution in [-0.2, 0) is 14.3 Å². The first-order valence-electron chi connectivity index (χ1n) is 16.0. The zero-order valence-electron chi connectivity index (χ0n) is 26.8. The topological polar surface area (TPSA) is 138 Å². The molecule has 2 heterocycles. The number of carbonyl (C=O) groups is 2. The summed E-state index contributed by atoms with van der Waals surface area (Å²) >= 11 is 0. The molecule has 1 saturated heterocycles. The van der Waals surface area contributed by atoms with Gasteiger partial charge in [0.05, 0.1) is 6.10 Å². The number of nitrogens with zero attached hydrogens (tertiary/aromatic N) is 2. The standard InChI is InChI=1S/C35H51N5O5/c1-3-4-5-6-7-8-9-10-11-12-13-14-15-16-17-18-19-20-21-22-32(41)37-24-25-38-35(43)44-28-30-27-29(2)33(45-30)40-26-23-31(36)39-34(40)42/h4-5,7-8,10-11,13-14,16-17,19-20,23,26,29-30,33H,3,6,9,12,15,18,21-22,24-25,27-28H2,1-2H3,(H,37,41)(H,38,43)(H2,36,39,42)/b5-4-,8-7-,11-10-,14-13-,17-16-,20-19-. The van der Waals surface area contributed by atoms with Crippen molar-refractivity contribution >= 4 is 17.8 Å². The molecule has 1 aromatic rings. The Morgan fingerprint density at radius 3 is 2.07 bits per heavy atom. The van der Waals surface area contributed by atoms with Gasteiger partial charge in [0.15, 0.2) is 0 Å². The maximum atomic E-state index is 12.1. The van der Waals surface area contributed by atoms with Gasteiger partial charge in [-0.2, -0.15) is 4.98 Å². The second kappa shape index (κ2) is 23.2. The summed E-state index contributed by atoms with van der Waals surface area (Å²) in [7, 11) is 0. The number of carbonyl (C=O) groups excluding carboxylic acids is 2. The molecule has 3 unspecified atom stereocenters. The van der Waals surface area contributed by atoms with E-state index in [9.17, 15) is 14.4 Å². The van der Waals surface area contributed by atoms with Crippen molar-refractivity contribution in [3.8, 4) is 0 Å². The number of amides is 2. The van der Waals surface area contributed by atoms with Gasteiger partial charge in [-0.25, -0.2) is 9.59 Å². The van der Waals surface area contributed by atoms with E-state index in [4.69, 9.17) is 15.2 Å². The van der Waals surface area contributed by atoms with E-state index in [0.717, 1.165) is 38.5 Å². The van der Waals surface area contributed by atoms with Crippen LogP contribution >= 0.6 is 0 Å². The van der Waals surface area contributed by atoms with Crippen molar-refractivity contribution < 1.29 is 19.1 Å². The lowest BCUT2D eigenvalue weighted by atomic mass is 10.1. The molecule has 2 amide bonds. The van der Waals surface area contributed by atoms with Crippen molar-refractivity contribution in [2.75, 3.05) is 25.4 Å². The number of anilines is 1. The number of nitrogens with two attached hydrogens (primary N) is 1. The number of nitrogens with one attached hydrogen (secondary N) is 2. The fourth-order valence-corrected chi connectivity index (χ4v) is 4.51. The summed E-state index contributed by atoms with van der Waals surface area (Å²) in [5.41, 5.74) is 5.07. The highest BCUT2D eigenvalue weighted by Gasteiger charge is 2.34. The molecule has 1 aliphatic heterocycles. The van der Waals surface area contributed by atoms with E-state index in [1.54, 1.807) is 12.3 Å². The molecule has 4 N–H and O–H groups in total. The van der Waals surface area contributed by atoms with Crippen LogP contribution in [-0.4, -0.2) is 47.4 Å². The highest BCUT2D eigenvalue weighted by Crippen LogP contribution is 2.33. The van der Waals surface area contributed by atoms with E-state index >= 15 is 0 Å². The van der Waals surface area contributed by atoms with Gasteiger partial charge in [0, 0.05) is 31.6 Å². The lowest BCUT2D eigenvalue weighted by molar-refractivity contribution is -0.120. The van der Waals surface area contributed by atoms with Gasteiger partial charge in [-0.05, 0) is 57.4 Å². The summed E-state index contributed by atoms with van der Waals surface area (Å²) in [6, 6.07) is 1.54. The number of hydrogen-bond donors (Lipinski definition) is 3. The third-order valence-electron chi connectivity index (χ3n) is 6.83. The molecule has 45 heavy (non-hydrogen) atoms. The molecular weight excluding hydrogens is 570 g/mol. The largest absolute Gasteiger partial charge is 0.447 e. The SMILES string of the molecule is CC/C=C\C/C=C\C/C=C\C/C=C\C/C=C\C/C=C\CCC(=O)NCCNC(=O)OCC1CC(C)C(n2ccc(N)nc2=O)O1. The van der Waals surface area contributed by atoms with Crippen molar-refractivity contribution in [3.05, 3.63) is 95.7 Å². The lowest BCUT2D eigenvalue weighted by Crippen LogP contribution is -2.35. The van der Waals surface area contributed by atoms with Crippen LogP contribution in [0.3, 0.4) is 0 Å². The van der Waals surface area contributed by atoms with E-state index in [2.05, 4.69) is 89.4 Å². The van der Waals surface area contributed by atoms with Gasteiger partial charge >= 0.3 is 11.8 Å². The molecule has 1 fully saturated rings. The van der Waals surface area contributed by atoms with Gasteiger partial charge in [0.1, 0.15) is 18.7 Å². The minimum Gasteiger partial charge on any atom is -0.447 e. The third-order valence-corrected chi connectivity index (χ3v) is 6.83. The fourth-order valence-electron chi connectivity index (χ4n) is 4.51. The molecule has 3 atom stereocenters. The predicted molar refractivity (Wildman–Crippen MR) is 180 cm³/mol. The minimum absolute atomic E-state index is 0.0351. The maximum Gasteiger partial charge on any atom is 0.407 e. The molecule has 0 aromatic carbocycles. The number of ether oxygens (including phenoxy) is 2. The second-order valence-corrected chi connectivity index (χ2v) is 10.7. The van der Waals surface area contributed by atoms with Crippen molar-refractivity contribution in [2.45, 2.75) is 84.0 Å². The van der Waals surface area contributed by atoms with Crippen LogP contribution in [0.2, 0.25) is 0 Å².